The molecule has 1 unspecified atom stereocenters. The average molecular weight is 249 g/mol. The van der Waals surface area contributed by atoms with Gasteiger partial charge in [-0.2, -0.15) is 0 Å². The third-order valence-corrected chi connectivity index (χ3v) is 3.09. The maximum atomic E-state index is 11.8. The van der Waals surface area contributed by atoms with E-state index in [1.165, 1.54) is 0 Å². The van der Waals surface area contributed by atoms with Crippen LogP contribution in [0.2, 0.25) is 0 Å². The summed E-state index contributed by atoms with van der Waals surface area (Å²) < 4.78 is 0. The van der Waals surface area contributed by atoms with Gasteiger partial charge in [0.2, 0.25) is 5.91 Å². The van der Waals surface area contributed by atoms with Crippen LogP contribution >= 0.6 is 0 Å². The molecule has 5 nitrogen and oxygen atoms in total. The van der Waals surface area contributed by atoms with Crippen molar-refractivity contribution in [1.82, 2.24) is 4.90 Å². The third kappa shape index (κ3) is 3.45. The van der Waals surface area contributed by atoms with E-state index in [-0.39, 0.29) is 5.91 Å². The van der Waals surface area contributed by atoms with Gasteiger partial charge in [0.15, 0.2) is 0 Å². The Bertz CT molecular complexity index is 428. The van der Waals surface area contributed by atoms with Crippen LogP contribution in [0.4, 0.5) is 11.4 Å². The Hall–Kier alpha value is -1.59. The van der Waals surface area contributed by atoms with Crippen LogP contribution in [0.5, 0.6) is 0 Å². The number of carbonyl (C=O) groups excluding carboxylic acids is 1. The van der Waals surface area contributed by atoms with Crippen molar-refractivity contribution in [2.45, 2.75) is 18.9 Å². The molecule has 1 saturated heterocycles. The SMILES string of the molecule is CC1(O)CCN(CC(=O)Nc2ccc(N)cc2)C1. The summed E-state index contributed by atoms with van der Waals surface area (Å²) in [6.45, 7) is 3.40. The van der Waals surface area contributed by atoms with E-state index in [0.29, 0.717) is 25.2 Å². The van der Waals surface area contributed by atoms with Crippen LogP contribution in [0, 0.1) is 0 Å². The van der Waals surface area contributed by atoms with E-state index in [0.717, 1.165) is 12.2 Å². The van der Waals surface area contributed by atoms with Crippen LogP contribution in [-0.2, 0) is 4.79 Å². The molecule has 2 rings (SSSR count). The molecule has 0 aromatic heterocycles. The Kier molecular flexibility index (Phi) is 3.54. The summed E-state index contributed by atoms with van der Waals surface area (Å²) in [5.74, 6) is -0.0718. The Morgan fingerprint density at radius 3 is 2.72 bits per heavy atom. The van der Waals surface area contributed by atoms with Crippen LogP contribution in [0.3, 0.4) is 0 Å². The van der Waals surface area contributed by atoms with Crippen molar-refractivity contribution in [3.8, 4) is 0 Å². The van der Waals surface area contributed by atoms with Gasteiger partial charge in [0.1, 0.15) is 0 Å². The first kappa shape index (κ1) is 12.9. The summed E-state index contributed by atoms with van der Waals surface area (Å²) in [7, 11) is 0. The highest BCUT2D eigenvalue weighted by Crippen LogP contribution is 2.19. The van der Waals surface area contributed by atoms with Crippen LogP contribution < -0.4 is 11.1 Å². The molecule has 0 aliphatic carbocycles. The zero-order valence-corrected chi connectivity index (χ0v) is 10.5. The molecule has 1 heterocycles. The molecule has 1 fully saturated rings. The highest BCUT2D eigenvalue weighted by molar-refractivity contribution is 5.92. The summed E-state index contributed by atoms with van der Waals surface area (Å²) in [5.41, 5.74) is 6.31. The normalized spacial score (nSPS) is 24.1. The maximum absolute atomic E-state index is 11.8. The van der Waals surface area contributed by atoms with Gasteiger partial charge in [0.25, 0.3) is 0 Å². The van der Waals surface area contributed by atoms with Crippen molar-refractivity contribution in [2.75, 3.05) is 30.7 Å². The first-order valence-corrected chi connectivity index (χ1v) is 6.05. The van der Waals surface area contributed by atoms with Crippen molar-refractivity contribution in [3.05, 3.63) is 24.3 Å². The number of nitrogens with two attached hydrogens (primary N) is 1. The fourth-order valence-corrected chi connectivity index (χ4v) is 2.14. The molecule has 1 aliphatic heterocycles. The molecule has 0 spiro atoms. The molecule has 18 heavy (non-hydrogen) atoms. The maximum Gasteiger partial charge on any atom is 0.238 e. The topological polar surface area (TPSA) is 78.6 Å². The summed E-state index contributed by atoms with van der Waals surface area (Å²) in [5, 5.41) is 12.6. The molecule has 1 aliphatic rings. The number of carbonyl (C=O) groups is 1. The number of nitrogens with one attached hydrogen (secondary N) is 1. The quantitative estimate of drug-likeness (QED) is 0.688. The summed E-state index contributed by atoms with van der Waals surface area (Å²) in [6.07, 6.45) is 0.710. The van der Waals surface area contributed by atoms with Gasteiger partial charge in [-0.05, 0) is 37.6 Å². The van der Waals surface area contributed by atoms with Gasteiger partial charge in [0, 0.05) is 24.5 Å². The molecular weight excluding hydrogens is 230 g/mol. The van der Waals surface area contributed by atoms with E-state index in [9.17, 15) is 9.90 Å². The lowest BCUT2D eigenvalue weighted by Crippen LogP contribution is -2.35. The van der Waals surface area contributed by atoms with Gasteiger partial charge >= 0.3 is 0 Å². The highest BCUT2D eigenvalue weighted by Gasteiger charge is 2.31. The number of benzene rings is 1. The standard InChI is InChI=1S/C13H19N3O2/c1-13(18)6-7-16(9-13)8-12(17)15-11-4-2-10(14)3-5-11/h2-5,18H,6-9,14H2,1H3,(H,15,17). The molecule has 4 N–H and O–H groups in total. The first-order valence-electron chi connectivity index (χ1n) is 6.05. The largest absolute Gasteiger partial charge is 0.399 e. The molecule has 98 valence electrons. The van der Waals surface area contributed by atoms with Crippen LogP contribution in [0.25, 0.3) is 0 Å². The monoisotopic (exact) mass is 249 g/mol. The van der Waals surface area contributed by atoms with Gasteiger partial charge in [-0.1, -0.05) is 0 Å². The fraction of sp³-hybridized carbons (Fsp3) is 0.462. The molecule has 0 bridgehead atoms. The summed E-state index contributed by atoms with van der Waals surface area (Å²) in [4.78, 5) is 13.7. The fourth-order valence-electron chi connectivity index (χ4n) is 2.14. The number of β-amino-alcohol motifs (C(OH)–C–C–N with tert-alkyl or cyclic N) is 1. The molecule has 1 aromatic carbocycles. The van der Waals surface area contributed by atoms with Gasteiger partial charge < -0.3 is 16.2 Å². The predicted octanol–water partition coefficient (Wildman–Crippen LogP) is 0.664. The van der Waals surface area contributed by atoms with Gasteiger partial charge in [-0.25, -0.2) is 0 Å². The molecular formula is C13H19N3O2. The average Bonchev–Trinajstić information content (AvgIpc) is 2.61. The molecule has 5 heteroatoms. The van der Waals surface area contributed by atoms with E-state index in [1.54, 1.807) is 31.2 Å². The molecule has 0 radical (unpaired) electrons. The molecule has 1 atom stereocenters. The number of likely N-dealkylation sites (tertiary alicyclic amines) is 1. The lowest BCUT2D eigenvalue weighted by atomic mass is 10.1. The van der Waals surface area contributed by atoms with Crippen molar-refractivity contribution in [3.63, 3.8) is 0 Å². The minimum Gasteiger partial charge on any atom is -0.399 e. The lowest BCUT2D eigenvalue weighted by molar-refractivity contribution is -0.117. The molecule has 0 saturated carbocycles. The predicted molar refractivity (Wildman–Crippen MR) is 71.2 cm³/mol. The van der Waals surface area contributed by atoms with Gasteiger partial charge in [0.05, 0.1) is 12.1 Å². The Morgan fingerprint density at radius 1 is 1.50 bits per heavy atom. The van der Waals surface area contributed by atoms with Crippen molar-refractivity contribution >= 4 is 17.3 Å². The zero-order valence-electron chi connectivity index (χ0n) is 10.5. The summed E-state index contributed by atoms with van der Waals surface area (Å²) >= 11 is 0. The van der Waals surface area contributed by atoms with Gasteiger partial charge in [-0.3, -0.25) is 9.69 Å². The number of amides is 1. The van der Waals surface area contributed by atoms with E-state index in [4.69, 9.17) is 5.73 Å². The second-order valence-corrected chi connectivity index (χ2v) is 5.13. The van der Waals surface area contributed by atoms with Crippen molar-refractivity contribution in [1.29, 1.82) is 0 Å². The minimum absolute atomic E-state index is 0.0718. The summed E-state index contributed by atoms with van der Waals surface area (Å²) in [6, 6.07) is 7.03. The Morgan fingerprint density at radius 2 is 2.17 bits per heavy atom. The highest BCUT2D eigenvalue weighted by atomic mass is 16.3. The second-order valence-electron chi connectivity index (χ2n) is 5.13. The van der Waals surface area contributed by atoms with E-state index < -0.39 is 5.60 Å². The number of aliphatic hydroxyl groups is 1. The zero-order chi connectivity index (χ0) is 13.2. The van der Waals surface area contributed by atoms with Crippen LogP contribution in [0.1, 0.15) is 13.3 Å². The van der Waals surface area contributed by atoms with Crippen LogP contribution in [-0.4, -0.2) is 41.1 Å². The number of anilines is 2. The number of nitrogen functional groups attached to an aromatic ring is 1. The second kappa shape index (κ2) is 4.96. The Balaban J connectivity index is 1.84. The smallest absolute Gasteiger partial charge is 0.238 e. The van der Waals surface area contributed by atoms with E-state index >= 15 is 0 Å². The number of nitrogens with zero attached hydrogens (tertiary/aromatic N) is 1. The molecule has 1 aromatic rings. The Labute approximate surface area is 107 Å². The first-order chi connectivity index (χ1) is 8.44. The number of hydrogen-bond donors (Lipinski definition) is 3. The minimum atomic E-state index is -0.665. The van der Waals surface area contributed by atoms with Crippen molar-refractivity contribution in [2.24, 2.45) is 0 Å². The van der Waals surface area contributed by atoms with E-state index in [2.05, 4.69) is 5.32 Å². The van der Waals surface area contributed by atoms with E-state index in [1.807, 2.05) is 4.90 Å². The number of rotatable bonds is 3. The van der Waals surface area contributed by atoms with Crippen LogP contribution in [0.15, 0.2) is 24.3 Å². The van der Waals surface area contributed by atoms with Crippen molar-refractivity contribution < 1.29 is 9.90 Å². The number of hydrogen-bond acceptors (Lipinski definition) is 4. The lowest BCUT2D eigenvalue weighted by Gasteiger charge is -2.18. The third-order valence-electron chi connectivity index (χ3n) is 3.09. The molecule has 1 amide bonds. The van der Waals surface area contributed by atoms with Gasteiger partial charge in [-0.15, -0.1) is 0 Å².